The first-order valence-electron chi connectivity index (χ1n) is 4.76. The van der Waals surface area contributed by atoms with Crippen LogP contribution in [-0.4, -0.2) is 11.7 Å². The smallest absolute Gasteiger partial charge is 0.0647 e. The number of benzene rings is 1. The van der Waals surface area contributed by atoms with Gasteiger partial charge in [-0.1, -0.05) is 36.4 Å². The summed E-state index contributed by atoms with van der Waals surface area (Å²) >= 11 is 0. The van der Waals surface area contributed by atoms with E-state index in [9.17, 15) is 0 Å². The minimum atomic E-state index is 0.208. The third-order valence-electron chi connectivity index (χ3n) is 2.44. The van der Waals surface area contributed by atoms with Crippen molar-refractivity contribution in [2.45, 2.75) is 12.8 Å². The second kappa shape index (κ2) is 3.75. The first-order chi connectivity index (χ1) is 6.40. The normalized spacial score (nSPS) is 17.5. The highest BCUT2D eigenvalue weighted by Gasteiger charge is 2.24. The fraction of sp³-hybridized carbons (Fsp3) is 0.333. The summed E-state index contributed by atoms with van der Waals surface area (Å²) in [6, 6.07) is 10.2. The predicted molar refractivity (Wildman–Crippen MR) is 54.2 cm³/mol. The summed E-state index contributed by atoms with van der Waals surface area (Å²) in [5.74, 6) is 0.658. The van der Waals surface area contributed by atoms with Crippen molar-refractivity contribution in [2.24, 2.45) is 5.92 Å². The van der Waals surface area contributed by atoms with E-state index in [2.05, 4.69) is 18.2 Å². The Labute approximate surface area is 78.7 Å². The van der Waals surface area contributed by atoms with Crippen molar-refractivity contribution in [3.63, 3.8) is 0 Å². The van der Waals surface area contributed by atoms with E-state index in [1.54, 1.807) is 0 Å². The molecule has 1 saturated carbocycles. The van der Waals surface area contributed by atoms with Gasteiger partial charge in [0, 0.05) is 0 Å². The molecular formula is C12H14O. The van der Waals surface area contributed by atoms with Crippen molar-refractivity contribution >= 4 is 6.08 Å². The summed E-state index contributed by atoms with van der Waals surface area (Å²) in [4.78, 5) is 0. The molecule has 0 saturated heterocycles. The molecule has 0 spiro atoms. The lowest BCUT2D eigenvalue weighted by molar-refractivity contribution is 0.326. The molecule has 0 aromatic heterocycles. The zero-order valence-electron chi connectivity index (χ0n) is 7.61. The van der Waals surface area contributed by atoms with Crippen molar-refractivity contribution in [3.8, 4) is 0 Å². The minimum Gasteiger partial charge on any atom is -0.392 e. The molecule has 0 bridgehead atoms. The molecule has 0 aliphatic heterocycles. The van der Waals surface area contributed by atoms with Gasteiger partial charge in [-0.25, -0.2) is 0 Å². The highest BCUT2D eigenvalue weighted by atomic mass is 16.3. The summed E-state index contributed by atoms with van der Waals surface area (Å²) in [5, 5.41) is 9.13. The SMILES string of the molecule is OC/C(=C\c1ccccc1)C1CC1. The second-order valence-electron chi connectivity index (χ2n) is 3.56. The van der Waals surface area contributed by atoms with Crippen LogP contribution in [0.5, 0.6) is 0 Å². The van der Waals surface area contributed by atoms with Crippen LogP contribution in [0.4, 0.5) is 0 Å². The zero-order valence-corrected chi connectivity index (χ0v) is 7.61. The summed E-state index contributed by atoms with van der Waals surface area (Å²) in [6.07, 6.45) is 4.61. The molecule has 1 aromatic carbocycles. The molecule has 0 amide bonds. The van der Waals surface area contributed by atoms with E-state index < -0.39 is 0 Å². The topological polar surface area (TPSA) is 20.2 Å². The zero-order chi connectivity index (χ0) is 9.10. The fourth-order valence-electron chi connectivity index (χ4n) is 1.51. The quantitative estimate of drug-likeness (QED) is 0.746. The third-order valence-corrected chi connectivity index (χ3v) is 2.44. The molecule has 0 unspecified atom stereocenters. The molecule has 1 nitrogen and oxygen atoms in total. The van der Waals surface area contributed by atoms with Gasteiger partial charge < -0.3 is 5.11 Å². The van der Waals surface area contributed by atoms with Gasteiger partial charge in [-0.2, -0.15) is 0 Å². The van der Waals surface area contributed by atoms with Crippen LogP contribution < -0.4 is 0 Å². The Bertz CT molecular complexity index is 296. The molecule has 1 aromatic rings. The van der Waals surface area contributed by atoms with Crippen molar-refractivity contribution in [1.82, 2.24) is 0 Å². The Morgan fingerprint density at radius 1 is 1.31 bits per heavy atom. The number of aliphatic hydroxyl groups is 1. The summed E-state index contributed by atoms with van der Waals surface area (Å²) in [5.41, 5.74) is 2.38. The summed E-state index contributed by atoms with van der Waals surface area (Å²) < 4.78 is 0. The lowest BCUT2D eigenvalue weighted by atomic mass is 10.1. The van der Waals surface area contributed by atoms with Crippen LogP contribution in [0.15, 0.2) is 35.9 Å². The van der Waals surface area contributed by atoms with E-state index >= 15 is 0 Å². The molecule has 13 heavy (non-hydrogen) atoms. The monoisotopic (exact) mass is 174 g/mol. The first kappa shape index (κ1) is 8.52. The van der Waals surface area contributed by atoms with Crippen LogP contribution >= 0.6 is 0 Å². The number of hydrogen-bond acceptors (Lipinski definition) is 1. The molecule has 1 aliphatic rings. The van der Waals surface area contributed by atoms with Crippen LogP contribution in [0.1, 0.15) is 18.4 Å². The third kappa shape index (κ3) is 2.19. The van der Waals surface area contributed by atoms with Gasteiger partial charge in [0.25, 0.3) is 0 Å². The van der Waals surface area contributed by atoms with E-state index in [0.29, 0.717) is 5.92 Å². The molecule has 1 aliphatic carbocycles. The second-order valence-corrected chi connectivity index (χ2v) is 3.56. The van der Waals surface area contributed by atoms with Gasteiger partial charge >= 0.3 is 0 Å². The van der Waals surface area contributed by atoms with Gasteiger partial charge in [0.15, 0.2) is 0 Å². The maximum Gasteiger partial charge on any atom is 0.0647 e. The average molecular weight is 174 g/mol. The Morgan fingerprint density at radius 3 is 2.54 bits per heavy atom. The van der Waals surface area contributed by atoms with Gasteiger partial charge in [-0.05, 0) is 29.9 Å². The van der Waals surface area contributed by atoms with Crippen molar-refractivity contribution in [1.29, 1.82) is 0 Å². The van der Waals surface area contributed by atoms with Gasteiger partial charge in [-0.3, -0.25) is 0 Å². The Kier molecular flexibility index (Phi) is 2.46. The lowest BCUT2D eigenvalue weighted by Gasteiger charge is -2.00. The summed E-state index contributed by atoms with van der Waals surface area (Å²) in [6.45, 7) is 0.208. The van der Waals surface area contributed by atoms with Crippen molar-refractivity contribution < 1.29 is 5.11 Å². The molecule has 2 rings (SSSR count). The summed E-state index contributed by atoms with van der Waals surface area (Å²) in [7, 11) is 0. The fourth-order valence-corrected chi connectivity index (χ4v) is 1.51. The Balaban J connectivity index is 2.17. The standard InChI is InChI=1S/C12H14O/c13-9-12(11-6-7-11)8-10-4-2-1-3-5-10/h1-5,8,11,13H,6-7,9H2/b12-8+. The van der Waals surface area contributed by atoms with Crippen LogP contribution in [0, 0.1) is 5.92 Å². The van der Waals surface area contributed by atoms with Gasteiger partial charge in [0.1, 0.15) is 0 Å². The maximum absolute atomic E-state index is 9.13. The van der Waals surface area contributed by atoms with Gasteiger partial charge in [0.2, 0.25) is 0 Å². The number of rotatable bonds is 3. The van der Waals surface area contributed by atoms with E-state index in [-0.39, 0.29) is 6.61 Å². The molecule has 1 heteroatoms. The van der Waals surface area contributed by atoms with E-state index in [1.165, 1.54) is 24.0 Å². The molecule has 0 radical (unpaired) electrons. The van der Waals surface area contributed by atoms with Crippen molar-refractivity contribution in [3.05, 3.63) is 41.5 Å². The highest BCUT2D eigenvalue weighted by Crippen LogP contribution is 2.36. The number of hydrogen-bond donors (Lipinski definition) is 1. The molecule has 0 heterocycles. The molecule has 0 atom stereocenters. The largest absolute Gasteiger partial charge is 0.392 e. The van der Waals surface area contributed by atoms with Crippen LogP contribution in [0.25, 0.3) is 6.08 Å². The van der Waals surface area contributed by atoms with Crippen molar-refractivity contribution in [2.75, 3.05) is 6.61 Å². The Hall–Kier alpha value is -1.08. The average Bonchev–Trinajstić information content (AvgIpc) is 2.99. The maximum atomic E-state index is 9.13. The molecule has 1 N–H and O–H groups in total. The van der Waals surface area contributed by atoms with Gasteiger partial charge in [-0.15, -0.1) is 0 Å². The van der Waals surface area contributed by atoms with Crippen LogP contribution in [0.3, 0.4) is 0 Å². The highest BCUT2D eigenvalue weighted by molar-refractivity contribution is 5.54. The Morgan fingerprint density at radius 2 is 2.00 bits per heavy atom. The van der Waals surface area contributed by atoms with E-state index in [4.69, 9.17) is 5.11 Å². The molecular weight excluding hydrogens is 160 g/mol. The van der Waals surface area contributed by atoms with E-state index in [0.717, 1.165) is 0 Å². The lowest BCUT2D eigenvalue weighted by Crippen LogP contribution is -1.91. The predicted octanol–water partition coefficient (Wildman–Crippen LogP) is 2.47. The first-order valence-corrected chi connectivity index (χ1v) is 4.76. The van der Waals surface area contributed by atoms with E-state index in [1.807, 2.05) is 18.2 Å². The van der Waals surface area contributed by atoms with Gasteiger partial charge in [0.05, 0.1) is 6.61 Å². The molecule has 68 valence electrons. The minimum absolute atomic E-state index is 0.208. The van der Waals surface area contributed by atoms with Crippen LogP contribution in [-0.2, 0) is 0 Å². The number of aliphatic hydroxyl groups excluding tert-OH is 1. The van der Waals surface area contributed by atoms with Crippen LogP contribution in [0.2, 0.25) is 0 Å². The molecule has 1 fully saturated rings.